The van der Waals surface area contributed by atoms with E-state index in [2.05, 4.69) is 39.8 Å². The molecular weight excluding hydrogens is 170 g/mol. The Kier molecular flexibility index (Phi) is 1.56. The van der Waals surface area contributed by atoms with E-state index in [0.717, 1.165) is 41.0 Å². The maximum absolute atomic E-state index is 2.50. The predicted molar refractivity (Wildman–Crippen MR) is 59.0 cm³/mol. The smallest absolute Gasteiger partial charge is 0.0157 e. The van der Waals surface area contributed by atoms with Gasteiger partial charge in [-0.15, -0.1) is 0 Å². The zero-order valence-electron chi connectivity index (χ0n) is 10.1. The van der Waals surface area contributed by atoms with Crippen LogP contribution in [0.15, 0.2) is 0 Å². The molecule has 0 heterocycles. The Bertz CT molecular complexity index is 272. The van der Waals surface area contributed by atoms with Crippen LogP contribution in [0.3, 0.4) is 0 Å². The molecule has 3 aliphatic carbocycles. The van der Waals surface area contributed by atoms with E-state index in [-0.39, 0.29) is 0 Å². The van der Waals surface area contributed by atoms with Crippen molar-refractivity contribution in [3.63, 3.8) is 0 Å². The first kappa shape index (κ1) is 9.21. The van der Waals surface area contributed by atoms with E-state index in [1.807, 2.05) is 0 Å². The minimum absolute atomic E-state index is 0.766. The third-order valence-corrected chi connectivity index (χ3v) is 5.98. The van der Waals surface area contributed by atoms with Crippen molar-refractivity contribution in [3.8, 4) is 0 Å². The van der Waals surface area contributed by atoms with E-state index in [0.29, 0.717) is 0 Å². The van der Waals surface area contributed by atoms with Gasteiger partial charge in [0.1, 0.15) is 0 Å². The zero-order valence-corrected chi connectivity index (χ0v) is 10.1. The van der Waals surface area contributed by atoms with E-state index in [4.69, 9.17) is 0 Å². The van der Waals surface area contributed by atoms with Gasteiger partial charge in [-0.05, 0) is 55.5 Å². The van der Waals surface area contributed by atoms with E-state index in [1.54, 1.807) is 0 Å². The fourth-order valence-corrected chi connectivity index (χ4v) is 5.48. The van der Waals surface area contributed by atoms with E-state index < -0.39 is 0 Å². The van der Waals surface area contributed by atoms with Crippen molar-refractivity contribution in [3.05, 3.63) is 0 Å². The molecule has 0 aromatic heterocycles. The molecule has 3 aliphatic rings. The van der Waals surface area contributed by atoms with Crippen molar-refractivity contribution in [2.24, 2.45) is 35.0 Å². The highest BCUT2D eigenvalue weighted by Crippen LogP contribution is 2.85. The average Bonchev–Trinajstić information content (AvgIpc) is 2.68. The minimum atomic E-state index is 0.766. The van der Waals surface area contributed by atoms with Crippen molar-refractivity contribution >= 4 is 0 Å². The molecule has 1 nitrogen and oxygen atoms in total. The standard InChI is InChI=1S/C13H23N/c1-7-6-10(14(4)5)13-9(3)8(2)12(13)11(7)13/h7-12H,6H2,1-5H3. The Morgan fingerprint density at radius 1 is 1.07 bits per heavy atom. The SMILES string of the molecule is CC1CC(N(C)C)C23C(C)C(C)C2C13. The first-order valence-electron chi connectivity index (χ1n) is 6.19. The number of fused-ring (bicyclic) bond motifs is 1. The van der Waals surface area contributed by atoms with Gasteiger partial charge < -0.3 is 4.90 Å². The summed E-state index contributed by atoms with van der Waals surface area (Å²) in [4.78, 5) is 2.50. The van der Waals surface area contributed by atoms with Gasteiger partial charge in [0.25, 0.3) is 0 Å². The summed E-state index contributed by atoms with van der Waals surface area (Å²) in [6.45, 7) is 7.45. The Morgan fingerprint density at radius 3 is 2.21 bits per heavy atom. The molecule has 3 fully saturated rings. The largest absolute Gasteiger partial charge is 0.306 e. The molecule has 3 saturated carbocycles. The number of hydrogen-bond donors (Lipinski definition) is 0. The molecule has 1 spiro atoms. The molecule has 0 bridgehead atoms. The van der Waals surface area contributed by atoms with E-state index in [1.165, 1.54) is 6.42 Å². The Hall–Kier alpha value is -0.0400. The van der Waals surface area contributed by atoms with Crippen molar-refractivity contribution in [1.29, 1.82) is 0 Å². The molecule has 0 aromatic carbocycles. The fraction of sp³-hybridized carbons (Fsp3) is 1.00. The molecule has 0 saturated heterocycles. The lowest BCUT2D eigenvalue weighted by atomic mass is 9.62. The molecule has 0 N–H and O–H groups in total. The molecular formula is C13H23N. The van der Waals surface area contributed by atoms with Crippen molar-refractivity contribution in [2.75, 3.05) is 14.1 Å². The molecule has 7 unspecified atom stereocenters. The van der Waals surface area contributed by atoms with Crippen LogP contribution in [-0.2, 0) is 0 Å². The second kappa shape index (κ2) is 2.37. The topological polar surface area (TPSA) is 3.24 Å². The monoisotopic (exact) mass is 193 g/mol. The second-order valence-electron chi connectivity index (χ2n) is 6.39. The highest BCUT2D eigenvalue weighted by Gasteiger charge is 2.83. The van der Waals surface area contributed by atoms with Gasteiger partial charge in [-0.1, -0.05) is 20.8 Å². The number of rotatable bonds is 1. The summed E-state index contributed by atoms with van der Waals surface area (Å²) in [5.74, 6) is 5.15. The first-order valence-corrected chi connectivity index (χ1v) is 6.19. The maximum atomic E-state index is 2.50. The number of hydrogen-bond acceptors (Lipinski definition) is 1. The third-order valence-electron chi connectivity index (χ3n) is 5.98. The van der Waals surface area contributed by atoms with Crippen LogP contribution in [0.25, 0.3) is 0 Å². The highest BCUT2D eigenvalue weighted by molar-refractivity contribution is 5.32. The first-order chi connectivity index (χ1) is 6.52. The summed E-state index contributed by atoms with van der Waals surface area (Å²) in [6, 6.07) is 0.888. The van der Waals surface area contributed by atoms with Crippen LogP contribution in [0.4, 0.5) is 0 Å². The minimum Gasteiger partial charge on any atom is -0.306 e. The van der Waals surface area contributed by atoms with E-state index in [9.17, 15) is 0 Å². The van der Waals surface area contributed by atoms with Crippen LogP contribution in [-0.4, -0.2) is 25.0 Å². The molecule has 0 radical (unpaired) electrons. The van der Waals surface area contributed by atoms with Crippen LogP contribution in [0.2, 0.25) is 0 Å². The lowest BCUT2D eigenvalue weighted by molar-refractivity contribution is 0.0139. The molecule has 0 amide bonds. The van der Waals surface area contributed by atoms with Gasteiger partial charge >= 0.3 is 0 Å². The van der Waals surface area contributed by atoms with Crippen molar-refractivity contribution in [1.82, 2.24) is 4.90 Å². The van der Waals surface area contributed by atoms with Gasteiger partial charge in [-0.2, -0.15) is 0 Å². The Morgan fingerprint density at radius 2 is 1.71 bits per heavy atom. The van der Waals surface area contributed by atoms with Crippen LogP contribution >= 0.6 is 0 Å². The summed E-state index contributed by atoms with van der Waals surface area (Å²) < 4.78 is 0. The van der Waals surface area contributed by atoms with Crippen LogP contribution in [0.1, 0.15) is 27.2 Å². The molecule has 7 atom stereocenters. The van der Waals surface area contributed by atoms with Crippen LogP contribution in [0, 0.1) is 35.0 Å². The summed E-state index contributed by atoms with van der Waals surface area (Å²) >= 11 is 0. The summed E-state index contributed by atoms with van der Waals surface area (Å²) in [5.41, 5.74) is 0.766. The number of nitrogens with zero attached hydrogens (tertiary/aromatic N) is 1. The lowest BCUT2D eigenvalue weighted by Crippen LogP contribution is -2.48. The summed E-state index contributed by atoms with van der Waals surface area (Å²) in [5, 5.41) is 0. The van der Waals surface area contributed by atoms with Crippen molar-refractivity contribution < 1.29 is 0 Å². The molecule has 1 heteroatoms. The molecule has 0 aliphatic heterocycles. The Balaban J connectivity index is 1.93. The molecule has 14 heavy (non-hydrogen) atoms. The normalized spacial score (nSPS) is 64.7. The third kappa shape index (κ3) is 0.680. The zero-order chi connectivity index (χ0) is 10.2. The summed E-state index contributed by atoms with van der Waals surface area (Å²) in [6.07, 6.45) is 1.45. The highest BCUT2D eigenvalue weighted by atomic mass is 15.2. The maximum Gasteiger partial charge on any atom is 0.0157 e. The molecule has 0 aromatic rings. The quantitative estimate of drug-likeness (QED) is 0.618. The average molecular weight is 193 g/mol. The van der Waals surface area contributed by atoms with Gasteiger partial charge in [0.15, 0.2) is 0 Å². The van der Waals surface area contributed by atoms with Crippen molar-refractivity contribution in [2.45, 2.75) is 33.2 Å². The van der Waals surface area contributed by atoms with Gasteiger partial charge in [0.05, 0.1) is 0 Å². The lowest BCUT2D eigenvalue weighted by Gasteiger charge is -2.47. The predicted octanol–water partition coefficient (Wildman–Crippen LogP) is 2.47. The second-order valence-corrected chi connectivity index (χ2v) is 6.39. The molecule has 80 valence electrons. The van der Waals surface area contributed by atoms with Gasteiger partial charge in [-0.3, -0.25) is 0 Å². The molecule has 3 rings (SSSR count). The van der Waals surface area contributed by atoms with Gasteiger partial charge in [0, 0.05) is 6.04 Å². The summed E-state index contributed by atoms with van der Waals surface area (Å²) in [7, 11) is 4.55. The van der Waals surface area contributed by atoms with Crippen LogP contribution in [0.5, 0.6) is 0 Å². The van der Waals surface area contributed by atoms with Crippen LogP contribution < -0.4 is 0 Å². The fourth-order valence-electron chi connectivity index (χ4n) is 5.48. The van der Waals surface area contributed by atoms with E-state index >= 15 is 0 Å². The van der Waals surface area contributed by atoms with Gasteiger partial charge in [0.2, 0.25) is 0 Å². The van der Waals surface area contributed by atoms with Gasteiger partial charge in [-0.25, -0.2) is 0 Å². The Labute approximate surface area is 87.9 Å².